The highest BCUT2D eigenvalue weighted by Crippen LogP contribution is 2.25. The number of ether oxygens (including phenoxy) is 1. The molecule has 0 aromatic rings. The molecule has 2 aliphatic heterocycles. The Morgan fingerprint density at radius 2 is 2.27 bits per heavy atom. The standard InChI is InChI=1S/C12H24N2O/c1-3-14-5-4-11(7-14)6-13-8-12(2)9-15-10-12/h11,13H,3-10H2,1-2H3. The minimum absolute atomic E-state index is 0.420. The van der Waals surface area contributed by atoms with Crippen LogP contribution in [0.2, 0.25) is 0 Å². The summed E-state index contributed by atoms with van der Waals surface area (Å²) in [6.07, 6.45) is 1.37. The molecule has 0 spiro atoms. The van der Waals surface area contributed by atoms with Crippen LogP contribution in [0.3, 0.4) is 0 Å². The van der Waals surface area contributed by atoms with E-state index in [1.807, 2.05) is 0 Å². The maximum Gasteiger partial charge on any atom is 0.0554 e. The average molecular weight is 212 g/mol. The van der Waals surface area contributed by atoms with E-state index in [0.29, 0.717) is 5.41 Å². The van der Waals surface area contributed by atoms with Gasteiger partial charge in [-0.15, -0.1) is 0 Å². The van der Waals surface area contributed by atoms with Crippen LogP contribution in [0.1, 0.15) is 20.3 Å². The topological polar surface area (TPSA) is 24.5 Å². The molecule has 2 fully saturated rings. The molecule has 88 valence electrons. The minimum Gasteiger partial charge on any atom is -0.380 e. The third-order valence-electron chi connectivity index (χ3n) is 3.70. The Balaban J connectivity index is 1.58. The molecule has 0 aromatic heterocycles. The largest absolute Gasteiger partial charge is 0.380 e. The van der Waals surface area contributed by atoms with Crippen molar-refractivity contribution in [1.82, 2.24) is 10.2 Å². The molecular weight excluding hydrogens is 188 g/mol. The third-order valence-corrected chi connectivity index (χ3v) is 3.70. The molecule has 1 atom stereocenters. The lowest BCUT2D eigenvalue weighted by Crippen LogP contribution is -2.48. The van der Waals surface area contributed by atoms with Crippen LogP contribution in [0.4, 0.5) is 0 Å². The number of nitrogens with zero attached hydrogens (tertiary/aromatic N) is 1. The lowest BCUT2D eigenvalue weighted by Gasteiger charge is -2.38. The molecule has 1 unspecified atom stereocenters. The van der Waals surface area contributed by atoms with Crippen LogP contribution in [0.25, 0.3) is 0 Å². The molecule has 0 aliphatic carbocycles. The first-order valence-corrected chi connectivity index (χ1v) is 6.23. The minimum atomic E-state index is 0.420. The molecule has 0 radical (unpaired) electrons. The van der Waals surface area contributed by atoms with Crippen molar-refractivity contribution >= 4 is 0 Å². The molecule has 2 heterocycles. The van der Waals surface area contributed by atoms with Gasteiger partial charge in [0.25, 0.3) is 0 Å². The summed E-state index contributed by atoms with van der Waals surface area (Å²) in [5.74, 6) is 0.870. The summed E-state index contributed by atoms with van der Waals surface area (Å²) in [5.41, 5.74) is 0.420. The van der Waals surface area contributed by atoms with Gasteiger partial charge in [-0.2, -0.15) is 0 Å². The lowest BCUT2D eigenvalue weighted by molar-refractivity contribution is -0.0991. The van der Waals surface area contributed by atoms with Crippen LogP contribution in [0.15, 0.2) is 0 Å². The van der Waals surface area contributed by atoms with Crippen molar-refractivity contribution in [1.29, 1.82) is 0 Å². The zero-order valence-electron chi connectivity index (χ0n) is 10.1. The third kappa shape index (κ3) is 2.92. The van der Waals surface area contributed by atoms with Gasteiger partial charge in [-0.25, -0.2) is 0 Å². The van der Waals surface area contributed by atoms with Crippen molar-refractivity contribution in [2.75, 3.05) is 45.9 Å². The highest BCUT2D eigenvalue weighted by molar-refractivity contribution is 4.84. The van der Waals surface area contributed by atoms with Gasteiger partial charge in [-0.05, 0) is 32.0 Å². The molecule has 2 aliphatic rings. The first-order chi connectivity index (χ1) is 7.22. The van der Waals surface area contributed by atoms with Gasteiger partial charge in [0.15, 0.2) is 0 Å². The number of rotatable bonds is 5. The van der Waals surface area contributed by atoms with Crippen LogP contribution in [0, 0.1) is 11.3 Å². The fraction of sp³-hybridized carbons (Fsp3) is 1.00. The Kier molecular flexibility index (Phi) is 3.65. The van der Waals surface area contributed by atoms with Crippen LogP contribution >= 0.6 is 0 Å². The number of hydrogen-bond donors (Lipinski definition) is 1. The molecule has 0 aromatic carbocycles. The fourth-order valence-electron chi connectivity index (χ4n) is 2.50. The number of likely N-dealkylation sites (tertiary alicyclic amines) is 1. The first kappa shape index (κ1) is 11.4. The average Bonchev–Trinajstić information content (AvgIpc) is 2.63. The van der Waals surface area contributed by atoms with E-state index < -0.39 is 0 Å². The van der Waals surface area contributed by atoms with E-state index in [9.17, 15) is 0 Å². The van der Waals surface area contributed by atoms with E-state index in [1.165, 1.54) is 32.6 Å². The highest BCUT2D eigenvalue weighted by Gasteiger charge is 2.33. The molecule has 15 heavy (non-hydrogen) atoms. The van der Waals surface area contributed by atoms with Crippen molar-refractivity contribution in [2.45, 2.75) is 20.3 Å². The predicted molar refractivity (Wildman–Crippen MR) is 62.0 cm³/mol. The van der Waals surface area contributed by atoms with E-state index in [1.54, 1.807) is 0 Å². The molecular formula is C12H24N2O. The lowest BCUT2D eigenvalue weighted by atomic mass is 9.88. The van der Waals surface area contributed by atoms with Gasteiger partial charge in [-0.1, -0.05) is 13.8 Å². The van der Waals surface area contributed by atoms with Gasteiger partial charge >= 0.3 is 0 Å². The summed E-state index contributed by atoms with van der Waals surface area (Å²) >= 11 is 0. The maximum absolute atomic E-state index is 5.25. The van der Waals surface area contributed by atoms with Crippen molar-refractivity contribution < 1.29 is 4.74 Å². The van der Waals surface area contributed by atoms with E-state index in [4.69, 9.17) is 4.74 Å². The molecule has 2 saturated heterocycles. The SMILES string of the molecule is CCN1CCC(CNCC2(C)COC2)C1. The Labute approximate surface area is 93.2 Å². The van der Waals surface area contributed by atoms with Crippen molar-refractivity contribution in [3.63, 3.8) is 0 Å². The second-order valence-corrected chi connectivity index (χ2v) is 5.48. The summed E-state index contributed by atoms with van der Waals surface area (Å²) in [5, 5.41) is 3.61. The summed E-state index contributed by atoms with van der Waals surface area (Å²) in [6.45, 7) is 12.5. The summed E-state index contributed by atoms with van der Waals surface area (Å²) in [6, 6.07) is 0. The predicted octanol–water partition coefficient (Wildman–Crippen LogP) is 0.954. The molecule has 0 amide bonds. The van der Waals surface area contributed by atoms with Crippen LogP contribution in [0.5, 0.6) is 0 Å². The summed E-state index contributed by atoms with van der Waals surface area (Å²) in [7, 11) is 0. The molecule has 3 nitrogen and oxygen atoms in total. The molecule has 3 heteroatoms. The molecule has 0 bridgehead atoms. The van der Waals surface area contributed by atoms with Gasteiger partial charge in [0.2, 0.25) is 0 Å². The van der Waals surface area contributed by atoms with Gasteiger partial charge in [0, 0.05) is 18.5 Å². The van der Waals surface area contributed by atoms with E-state index in [-0.39, 0.29) is 0 Å². The van der Waals surface area contributed by atoms with E-state index in [2.05, 4.69) is 24.1 Å². The Hall–Kier alpha value is -0.120. The van der Waals surface area contributed by atoms with Gasteiger partial charge in [0.1, 0.15) is 0 Å². The second kappa shape index (κ2) is 4.81. The van der Waals surface area contributed by atoms with Gasteiger partial charge in [-0.3, -0.25) is 0 Å². The Morgan fingerprint density at radius 1 is 1.47 bits per heavy atom. The fourth-order valence-corrected chi connectivity index (χ4v) is 2.50. The van der Waals surface area contributed by atoms with Gasteiger partial charge in [0.05, 0.1) is 13.2 Å². The highest BCUT2D eigenvalue weighted by atomic mass is 16.5. The van der Waals surface area contributed by atoms with E-state index in [0.717, 1.165) is 25.7 Å². The molecule has 1 N–H and O–H groups in total. The Morgan fingerprint density at radius 3 is 2.80 bits per heavy atom. The smallest absolute Gasteiger partial charge is 0.0554 e. The quantitative estimate of drug-likeness (QED) is 0.734. The van der Waals surface area contributed by atoms with Gasteiger partial charge < -0.3 is 15.0 Å². The maximum atomic E-state index is 5.25. The van der Waals surface area contributed by atoms with E-state index >= 15 is 0 Å². The summed E-state index contributed by atoms with van der Waals surface area (Å²) < 4.78 is 5.25. The molecule has 2 rings (SSSR count). The van der Waals surface area contributed by atoms with Crippen LogP contribution in [-0.2, 0) is 4.74 Å². The normalized spacial score (nSPS) is 30.4. The zero-order chi connectivity index (χ0) is 10.7. The Bertz CT molecular complexity index is 204. The first-order valence-electron chi connectivity index (χ1n) is 6.23. The molecule has 0 saturated carbocycles. The second-order valence-electron chi connectivity index (χ2n) is 5.48. The number of nitrogens with one attached hydrogen (secondary N) is 1. The van der Waals surface area contributed by atoms with Crippen molar-refractivity contribution in [3.05, 3.63) is 0 Å². The monoisotopic (exact) mass is 212 g/mol. The number of hydrogen-bond acceptors (Lipinski definition) is 3. The zero-order valence-corrected chi connectivity index (χ0v) is 10.1. The van der Waals surface area contributed by atoms with Crippen molar-refractivity contribution in [2.24, 2.45) is 11.3 Å². The van der Waals surface area contributed by atoms with Crippen LogP contribution in [-0.4, -0.2) is 50.8 Å². The summed E-state index contributed by atoms with van der Waals surface area (Å²) in [4.78, 5) is 2.54. The van der Waals surface area contributed by atoms with Crippen molar-refractivity contribution in [3.8, 4) is 0 Å². The van der Waals surface area contributed by atoms with Crippen LogP contribution < -0.4 is 5.32 Å².